The lowest BCUT2D eigenvalue weighted by Gasteiger charge is -2.16. The van der Waals surface area contributed by atoms with Gasteiger partial charge in [0.25, 0.3) is 17.7 Å². The number of anilines is 1. The number of rotatable bonds is 4. The van der Waals surface area contributed by atoms with E-state index >= 15 is 0 Å². The van der Waals surface area contributed by atoms with Gasteiger partial charge in [0.1, 0.15) is 5.76 Å². The molecule has 6 nitrogen and oxygen atoms in total. The molecular formula is C21H16N2O4. The number of nitrogens with zero attached hydrogens (tertiary/aromatic N) is 1. The average Bonchev–Trinajstić information content (AvgIpc) is 3.28. The van der Waals surface area contributed by atoms with Gasteiger partial charge in [0, 0.05) is 5.56 Å². The number of nitrogens with one attached hydrogen (secondary N) is 1. The maximum atomic E-state index is 12.8. The Balaban J connectivity index is 1.61. The lowest BCUT2D eigenvalue weighted by molar-refractivity contribution is 0.0923. The Kier molecular flexibility index (Phi) is 4.08. The third-order valence-electron chi connectivity index (χ3n) is 4.51. The van der Waals surface area contributed by atoms with Crippen molar-refractivity contribution in [1.82, 2.24) is 5.32 Å². The van der Waals surface area contributed by atoms with E-state index in [1.807, 2.05) is 19.1 Å². The van der Waals surface area contributed by atoms with Crippen LogP contribution in [-0.4, -0.2) is 17.7 Å². The van der Waals surface area contributed by atoms with Crippen molar-refractivity contribution in [2.24, 2.45) is 0 Å². The summed E-state index contributed by atoms with van der Waals surface area (Å²) in [5.74, 6) is -0.526. The van der Waals surface area contributed by atoms with Crippen molar-refractivity contribution < 1.29 is 18.8 Å². The molecule has 0 fully saturated rings. The Hall–Kier alpha value is -3.67. The zero-order valence-electron chi connectivity index (χ0n) is 14.6. The topological polar surface area (TPSA) is 79.6 Å². The highest BCUT2D eigenvalue weighted by Crippen LogP contribution is 2.30. The van der Waals surface area contributed by atoms with Gasteiger partial charge in [-0.15, -0.1) is 0 Å². The number of hydrogen-bond donors (Lipinski definition) is 1. The van der Waals surface area contributed by atoms with Gasteiger partial charge in [-0.05, 0) is 48.9 Å². The lowest BCUT2D eigenvalue weighted by atomic mass is 10.1. The molecule has 0 spiro atoms. The highest BCUT2D eigenvalue weighted by atomic mass is 16.3. The highest BCUT2D eigenvalue weighted by Gasteiger charge is 2.37. The molecule has 0 unspecified atom stereocenters. The van der Waals surface area contributed by atoms with Crippen LogP contribution in [-0.2, 0) is 6.54 Å². The van der Waals surface area contributed by atoms with Gasteiger partial charge in [0.15, 0.2) is 0 Å². The molecular weight excluding hydrogens is 344 g/mol. The second-order valence-corrected chi connectivity index (χ2v) is 6.25. The molecule has 2 heterocycles. The summed E-state index contributed by atoms with van der Waals surface area (Å²) in [5.41, 5.74) is 2.21. The number of hydrogen-bond acceptors (Lipinski definition) is 4. The number of furan rings is 1. The molecule has 134 valence electrons. The number of amides is 3. The Labute approximate surface area is 155 Å². The summed E-state index contributed by atoms with van der Waals surface area (Å²) in [4.78, 5) is 39.1. The lowest BCUT2D eigenvalue weighted by Crippen LogP contribution is -2.30. The van der Waals surface area contributed by atoms with Crippen LogP contribution in [0.5, 0.6) is 0 Å². The molecule has 3 aromatic rings. The fourth-order valence-corrected chi connectivity index (χ4v) is 3.10. The van der Waals surface area contributed by atoms with Crippen LogP contribution in [0.1, 0.15) is 42.4 Å². The van der Waals surface area contributed by atoms with Crippen molar-refractivity contribution in [1.29, 1.82) is 0 Å². The van der Waals surface area contributed by atoms with Crippen LogP contribution >= 0.6 is 0 Å². The molecule has 1 aromatic heterocycles. The summed E-state index contributed by atoms with van der Waals surface area (Å²) in [7, 11) is 0. The first-order valence-corrected chi connectivity index (χ1v) is 8.45. The van der Waals surface area contributed by atoms with Crippen molar-refractivity contribution in [3.8, 4) is 0 Å². The largest absolute Gasteiger partial charge is 0.467 e. The fourth-order valence-electron chi connectivity index (χ4n) is 3.10. The van der Waals surface area contributed by atoms with Crippen molar-refractivity contribution in [2.75, 3.05) is 4.90 Å². The third-order valence-corrected chi connectivity index (χ3v) is 4.51. The number of aryl methyl sites for hydroxylation is 1. The van der Waals surface area contributed by atoms with Gasteiger partial charge in [-0.25, -0.2) is 4.90 Å². The Morgan fingerprint density at radius 3 is 2.52 bits per heavy atom. The maximum Gasteiger partial charge on any atom is 0.266 e. The van der Waals surface area contributed by atoms with Crippen molar-refractivity contribution in [2.45, 2.75) is 13.5 Å². The van der Waals surface area contributed by atoms with Gasteiger partial charge in [0.05, 0.1) is 29.6 Å². The van der Waals surface area contributed by atoms with Crippen LogP contribution in [0.2, 0.25) is 0 Å². The molecule has 27 heavy (non-hydrogen) atoms. The van der Waals surface area contributed by atoms with Gasteiger partial charge in [-0.1, -0.05) is 18.2 Å². The van der Waals surface area contributed by atoms with Crippen molar-refractivity contribution in [3.63, 3.8) is 0 Å². The van der Waals surface area contributed by atoms with E-state index in [-0.39, 0.29) is 23.9 Å². The Bertz CT molecular complexity index is 1050. The van der Waals surface area contributed by atoms with Gasteiger partial charge in [-0.3, -0.25) is 14.4 Å². The van der Waals surface area contributed by atoms with Crippen molar-refractivity contribution in [3.05, 3.63) is 88.9 Å². The van der Waals surface area contributed by atoms with E-state index in [1.165, 1.54) is 18.4 Å². The van der Waals surface area contributed by atoms with Crippen molar-refractivity contribution >= 4 is 23.4 Å². The predicted octanol–water partition coefficient (Wildman–Crippen LogP) is 3.32. The summed E-state index contributed by atoms with van der Waals surface area (Å²) in [6.07, 6.45) is 1.53. The number of benzene rings is 2. The van der Waals surface area contributed by atoms with Crippen LogP contribution in [0, 0.1) is 6.92 Å². The minimum absolute atomic E-state index is 0.230. The summed E-state index contributed by atoms with van der Waals surface area (Å²) >= 11 is 0. The standard InChI is InChI=1S/C21H16N2O4/c1-13-5-2-3-7-18(13)23-20(25)16-9-8-14(11-17(16)21(23)26)19(24)22-12-15-6-4-10-27-15/h2-11H,12H2,1H3,(H,22,24). The molecule has 3 amide bonds. The van der Waals surface area contributed by atoms with Crippen LogP contribution in [0.15, 0.2) is 65.3 Å². The molecule has 0 atom stereocenters. The van der Waals surface area contributed by atoms with Crippen LogP contribution < -0.4 is 10.2 Å². The normalized spacial score (nSPS) is 13.0. The summed E-state index contributed by atoms with van der Waals surface area (Å²) in [6, 6.07) is 15.2. The van der Waals surface area contributed by atoms with Crippen LogP contribution in [0.3, 0.4) is 0 Å². The molecule has 0 bridgehead atoms. The van der Waals surface area contributed by atoms with E-state index in [0.717, 1.165) is 10.5 Å². The number of imide groups is 1. The smallest absolute Gasteiger partial charge is 0.266 e. The molecule has 1 N–H and O–H groups in total. The van der Waals surface area contributed by atoms with E-state index in [4.69, 9.17) is 4.42 Å². The maximum absolute atomic E-state index is 12.8. The Morgan fingerprint density at radius 1 is 1.00 bits per heavy atom. The third kappa shape index (κ3) is 2.91. The summed E-state index contributed by atoms with van der Waals surface area (Å²) in [6.45, 7) is 2.08. The zero-order chi connectivity index (χ0) is 19.0. The average molecular weight is 360 g/mol. The quantitative estimate of drug-likeness (QED) is 0.724. The monoisotopic (exact) mass is 360 g/mol. The summed E-state index contributed by atoms with van der Waals surface area (Å²) in [5, 5.41) is 2.73. The first kappa shape index (κ1) is 16.8. The molecule has 0 radical (unpaired) electrons. The SMILES string of the molecule is Cc1ccccc1N1C(=O)c2ccc(C(=O)NCc3ccco3)cc2C1=O. The minimum Gasteiger partial charge on any atom is -0.467 e. The first-order chi connectivity index (χ1) is 13.1. The van der Waals surface area contributed by atoms with E-state index in [2.05, 4.69) is 5.32 Å². The Morgan fingerprint density at radius 2 is 1.78 bits per heavy atom. The number of carbonyl (C=O) groups is 3. The van der Waals surface area contributed by atoms with Crippen LogP contribution in [0.25, 0.3) is 0 Å². The first-order valence-electron chi connectivity index (χ1n) is 8.45. The molecule has 2 aromatic carbocycles. The zero-order valence-corrected chi connectivity index (χ0v) is 14.6. The van der Waals surface area contributed by atoms with E-state index in [9.17, 15) is 14.4 Å². The second kappa shape index (κ2) is 6.57. The molecule has 0 aliphatic carbocycles. The number of carbonyl (C=O) groups excluding carboxylic acids is 3. The van der Waals surface area contributed by atoms with E-state index in [1.54, 1.807) is 30.3 Å². The van der Waals surface area contributed by atoms with Gasteiger partial charge in [-0.2, -0.15) is 0 Å². The molecule has 1 aliphatic rings. The highest BCUT2D eigenvalue weighted by molar-refractivity contribution is 6.35. The molecule has 4 rings (SSSR count). The minimum atomic E-state index is -0.426. The molecule has 6 heteroatoms. The van der Waals surface area contributed by atoms with Crippen LogP contribution in [0.4, 0.5) is 5.69 Å². The number of para-hydroxylation sites is 1. The molecule has 0 saturated heterocycles. The predicted molar refractivity (Wildman–Crippen MR) is 98.6 cm³/mol. The van der Waals surface area contributed by atoms with Gasteiger partial charge in [0.2, 0.25) is 0 Å². The number of fused-ring (bicyclic) bond motifs is 1. The molecule has 0 saturated carbocycles. The fraction of sp³-hybridized carbons (Fsp3) is 0.0952. The van der Waals surface area contributed by atoms with Gasteiger partial charge < -0.3 is 9.73 Å². The summed E-state index contributed by atoms with van der Waals surface area (Å²) < 4.78 is 5.18. The second-order valence-electron chi connectivity index (χ2n) is 6.25. The van der Waals surface area contributed by atoms with E-state index in [0.29, 0.717) is 22.6 Å². The molecule has 1 aliphatic heterocycles. The van der Waals surface area contributed by atoms with E-state index < -0.39 is 5.91 Å². The van der Waals surface area contributed by atoms with Gasteiger partial charge >= 0.3 is 0 Å².